The van der Waals surface area contributed by atoms with E-state index >= 15 is 0 Å². The van der Waals surface area contributed by atoms with Crippen LogP contribution < -0.4 is 10.2 Å². The normalized spacial score (nSPS) is 10.6. The minimum absolute atomic E-state index is 0.0290. The Bertz CT molecular complexity index is 811. The summed E-state index contributed by atoms with van der Waals surface area (Å²) in [6.45, 7) is 1.18. The van der Waals surface area contributed by atoms with E-state index in [4.69, 9.17) is 4.74 Å². The maximum Gasteiger partial charge on any atom is 0.310 e. The summed E-state index contributed by atoms with van der Waals surface area (Å²) in [4.78, 5) is 21.9. The average molecular weight is 345 g/mol. The summed E-state index contributed by atoms with van der Waals surface area (Å²) in [5.41, 5.74) is 2.83. The van der Waals surface area contributed by atoms with Crippen molar-refractivity contribution in [2.45, 2.75) is 6.92 Å². The number of hydrazone groups is 1. The largest absolute Gasteiger partial charge is 0.508 e. The summed E-state index contributed by atoms with van der Waals surface area (Å²) in [6.07, 6.45) is 1.22. The molecule has 2 aromatic rings. The van der Waals surface area contributed by atoms with E-state index < -0.39 is 17.4 Å². The second-order valence-electron chi connectivity index (χ2n) is 5.00. The molecule has 2 aromatic carbocycles. The molecule has 0 saturated carbocycles. The third kappa shape index (κ3) is 4.67. The highest BCUT2D eigenvalue weighted by atomic mass is 16.6. The standard InChI is InChI=1S/C16H15N3O6/c1-10-6-11(20)7-14(21)12(10)8-17-18-16(22)9-25-15-5-3-2-4-13(15)19(23)24/h2-8,20-21H,9H2,1H3,(H,18,22)/b17-8+. The zero-order valence-electron chi connectivity index (χ0n) is 13.2. The summed E-state index contributed by atoms with van der Waals surface area (Å²) in [5, 5.41) is 33.6. The number of nitro benzene ring substituents is 1. The Morgan fingerprint density at radius 2 is 2.08 bits per heavy atom. The molecule has 0 spiro atoms. The van der Waals surface area contributed by atoms with E-state index in [2.05, 4.69) is 10.5 Å². The van der Waals surface area contributed by atoms with E-state index in [0.29, 0.717) is 11.1 Å². The van der Waals surface area contributed by atoms with Crippen molar-refractivity contribution in [1.29, 1.82) is 0 Å². The number of phenols is 2. The van der Waals surface area contributed by atoms with Gasteiger partial charge in [-0.2, -0.15) is 5.10 Å². The molecule has 0 radical (unpaired) electrons. The number of aryl methyl sites for hydroxylation is 1. The minimum atomic E-state index is -0.634. The number of para-hydroxylation sites is 2. The van der Waals surface area contributed by atoms with Gasteiger partial charge >= 0.3 is 5.69 Å². The fourth-order valence-electron chi connectivity index (χ4n) is 2.00. The highest BCUT2D eigenvalue weighted by molar-refractivity contribution is 5.87. The highest BCUT2D eigenvalue weighted by Crippen LogP contribution is 2.26. The van der Waals surface area contributed by atoms with Crippen LogP contribution in [0.2, 0.25) is 0 Å². The molecule has 9 nitrogen and oxygen atoms in total. The fourth-order valence-corrected chi connectivity index (χ4v) is 2.00. The zero-order chi connectivity index (χ0) is 18.4. The van der Waals surface area contributed by atoms with Crippen molar-refractivity contribution in [3.05, 3.63) is 57.6 Å². The van der Waals surface area contributed by atoms with E-state index in [0.717, 1.165) is 6.07 Å². The first-order chi connectivity index (χ1) is 11.9. The van der Waals surface area contributed by atoms with Crippen molar-refractivity contribution < 1.29 is 24.7 Å². The molecule has 0 aliphatic carbocycles. The van der Waals surface area contributed by atoms with Crippen LogP contribution in [0.5, 0.6) is 17.2 Å². The number of nitrogens with one attached hydrogen (secondary N) is 1. The Hall–Kier alpha value is -3.62. The van der Waals surface area contributed by atoms with Gasteiger partial charge in [0.15, 0.2) is 12.4 Å². The van der Waals surface area contributed by atoms with Crippen LogP contribution in [0.15, 0.2) is 41.5 Å². The van der Waals surface area contributed by atoms with E-state index in [9.17, 15) is 25.1 Å². The van der Waals surface area contributed by atoms with E-state index in [1.165, 1.54) is 30.5 Å². The van der Waals surface area contributed by atoms with Crippen LogP contribution in [0.25, 0.3) is 0 Å². The SMILES string of the molecule is Cc1cc(O)cc(O)c1/C=N/NC(=O)COc1ccccc1[N+](=O)[O-]. The van der Waals surface area contributed by atoms with Crippen molar-refractivity contribution in [3.63, 3.8) is 0 Å². The molecule has 0 aromatic heterocycles. The molecule has 0 atom stereocenters. The number of nitro groups is 1. The van der Waals surface area contributed by atoms with Crippen molar-refractivity contribution >= 4 is 17.8 Å². The molecule has 0 aliphatic heterocycles. The van der Waals surface area contributed by atoms with Gasteiger partial charge in [0.2, 0.25) is 0 Å². The number of amides is 1. The summed E-state index contributed by atoms with van der Waals surface area (Å²) in [5.74, 6) is -0.940. The van der Waals surface area contributed by atoms with Crippen molar-refractivity contribution in [3.8, 4) is 17.2 Å². The van der Waals surface area contributed by atoms with E-state index in [-0.39, 0.29) is 22.9 Å². The van der Waals surface area contributed by atoms with Crippen LogP contribution in [0.3, 0.4) is 0 Å². The highest BCUT2D eigenvalue weighted by Gasteiger charge is 2.14. The first-order valence-electron chi connectivity index (χ1n) is 7.09. The van der Waals surface area contributed by atoms with Gasteiger partial charge in [0.25, 0.3) is 5.91 Å². The number of hydrogen-bond donors (Lipinski definition) is 3. The maximum atomic E-state index is 11.7. The molecule has 0 aliphatic rings. The molecule has 3 N–H and O–H groups in total. The maximum absolute atomic E-state index is 11.7. The van der Waals surface area contributed by atoms with Crippen molar-refractivity contribution in [2.24, 2.45) is 5.10 Å². The van der Waals surface area contributed by atoms with Crippen LogP contribution in [0.4, 0.5) is 5.69 Å². The van der Waals surface area contributed by atoms with Gasteiger partial charge in [-0.05, 0) is 24.6 Å². The number of ether oxygens (including phenoxy) is 1. The lowest BCUT2D eigenvalue weighted by molar-refractivity contribution is -0.385. The van der Waals surface area contributed by atoms with Crippen LogP contribution in [-0.4, -0.2) is 33.9 Å². The fraction of sp³-hybridized carbons (Fsp3) is 0.125. The quantitative estimate of drug-likeness (QED) is 0.415. The van der Waals surface area contributed by atoms with Crippen LogP contribution in [0, 0.1) is 17.0 Å². The number of carbonyl (C=O) groups is 1. The van der Waals surface area contributed by atoms with Crippen LogP contribution in [0.1, 0.15) is 11.1 Å². The molecule has 0 fully saturated rings. The molecule has 25 heavy (non-hydrogen) atoms. The summed E-state index contributed by atoms with van der Waals surface area (Å²) >= 11 is 0. The number of hydrogen-bond acceptors (Lipinski definition) is 7. The summed E-state index contributed by atoms with van der Waals surface area (Å²) in [7, 11) is 0. The smallest absolute Gasteiger partial charge is 0.310 e. The van der Waals surface area contributed by atoms with Gasteiger partial charge in [-0.3, -0.25) is 14.9 Å². The number of rotatable bonds is 6. The third-order valence-electron chi connectivity index (χ3n) is 3.15. The number of aromatic hydroxyl groups is 2. The van der Waals surface area contributed by atoms with Crippen LogP contribution >= 0.6 is 0 Å². The van der Waals surface area contributed by atoms with Gasteiger partial charge in [-0.15, -0.1) is 0 Å². The predicted octanol–water partition coefficient (Wildman–Crippen LogP) is 1.84. The Balaban J connectivity index is 1.95. The molecule has 130 valence electrons. The molecule has 1 amide bonds. The number of benzene rings is 2. The number of phenolic OH excluding ortho intramolecular Hbond substituents is 2. The molecule has 9 heteroatoms. The number of carbonyl (C=O) groups excluding carboxylic acids is 1. The monoisotopic (exact) mass is 345 g/mol. The van der Waals surface area contributed by atoms with Crippen molar-refractivity contribution in [2.75, 3.05) is 6.61 Å². The molecule has 2 rings (SSSR count). The Morgan fingerprint density at radius 3 is 2.76 bits per heavy atom. The van der Waals surface area contributed by atoms with Gasteiger partial charge in [0, 0.05) is 17.7 Å². The van der Waals surface area contributed by atoms with Gasteiger partial charge < -0.3 is 14.9 Å². The predicted molar refractivity (Wildman–Crippen MR) is 88.8 cm³/mol. The molecule has 0 saturated heterocycles. The first kappa shape index (κ1) is 17.7. The Morgan fingerprint density at radius 1 is 1.36 bits per heavy atom. The van der Waals surface area contributed by atoms with E-state index in [1.807, 2.05) is 0 Å². The summed E-state index contributed by atoms with van der Waals surface area (Å²) < 4.78 is 5.12. The lowest BCUT2D eigenvalue weighted by Gasteiger charge is -2.06. The Kier molecular flexibility index (Phi) is 5.51. The van der Waals surface area contributed by atoms with Gasteiger partial charge in [-0.25, -0.2) is 5.43 Å². The van der Waals surface area contributed by atoms with Crippen LogP contribution in [-0.2, 0) is 4.79 Å². The second-order valence-corrected chi connectivity index (χ2v) is 5.00. The molecular formula is C16H15N3O6. The topological polar surface area (TPSA) is 134 Å². The van der Waals surface area contributed by atoms with Gasteiger partial charge in [-0.1, -0.05) is 12.1 Å². The van der Waals surface area contributed by atoms with Gasteiger partial charge in [0.05, 0.1) is 11.1 Å². The first-order valence-corrected chi connectivity index (χ1v) is 7.09. The molecular weight excluding hydrogens is 330 g/mol. The van der Waals surface area contributed by atoms with Crippen molar-refractivity contribution in [1.82, 2.24) is 5.43 Å². The molecule has 0 unspecified atom stereocenters. The average Bonchev–Trinajstić information content (AvgIpc) is 2.55. The molecule has 0 heterocycles. The zero-order valence-corrected chi connectivity index (χ0v) is 13.2. The second kappa shape index (κ2) is 7.77. The van der Waals surface area contributed by atoms with Gasteiger partial charge in [0.1, 0.15) is 11.5 Å². The minimum Gasteiger partial charge on any atom is -0.508 e. The third-order valence-corrected chi connectivity index (χ3v) is 3.15. The lowest BCUT2D eigenvalue weighted by Crippen LogP contribution is -2.24. The van der Waals surface area contributed by atoms with E-state index in [1.54, 1.807) is 13.0 Å². The Labute approximate surface area is 142 Å². The molecule has 0 bridgehead atoms. The summed E-state index contributed by atoms with van der Waals surface area (Å²) in [6, 6.07) is 8.26. The lowest BCUT2D eigenvalue weighted by atomic mass is 10.1. The number of nitrogens with zero attached hydrogens (tertiary/aromatic N) is 2.